The highest BCUT2D eigenvalue weighted by Crippen LogP contribution is 2.26. The first kappa shape index (κ1) is 22.6. The highest BCUT2D eigenvalue weighted by atomic mass is 32.2. The predicted octanol–water partition coefficient (Wildman–Crippen LogP) is 4.08. The summed E-state index contributed by atoms with van der Waals surface area (Å²) in [6.45, 7) is 6.43. The number of benzene rings is 2. The lowest BCUT2D eigenvalue weighted by Crippen LogP contribution is -2.37. The summed E-state index contributed by atoms with van der Waals surface area (Å²) >= 11 is 0. The van der Waals surface area contributed by atoms with Crippen LogP contribution in [0.5, 0.6) is 0 Å². The second-order valence-corrected chi connectivity index (χ2v) is 10.8. The number of sulfonamides is 1. The molecule has 2 aromatic carbocycles. The summed E-state index contributed by atoms with van der Waals surface area (Å²) in [6.07, 6.45) is 4.09. The zero-order chi connectivity index (χ0) is 22.7. The van der Waals surface area contributed by atoms with Gasteiger partial charge >= 0.3 is 0 Å². The fourth-order valence-corrected chi connectivity index (χ4v) is 5.63. The van der Waals surface area contributed by atoms with E-state index >= 15 is 0 Å². The predicted molar refractivity (Wildman–Crippen MR) is 127 cm³/mol. The molecule has 1 aliphatic rings. The van der Waals surface area contributed by atoms with Crippen LogP contribution in [-0.4, -0.2) is 36.3 Å². The average Bonchev–Trinajstić information content (AvgIpc) is 3.20. The molecule has 0 saturated carbocycles. The first-order chi connectivity index (χ1) is 15.3. The van der Waals surface area contributed by atoms with Gasteiger partial charge in [0.25, 0.3) is 0 Å². The van der Waals surface area contributed by atoms with Crippen molar-refractivity contribution in [3.05, 3.63) is 65.9 Å². The summed E-state index contributed by atoms with van der Waals surface area (Å²) < 4.78 is 29.7. The minimum atomic E-state index is -3.47. The molecule has 7 heteroatoms. The van der Waals surface area contributed by atoms with Gasteiger partial charge in [0.05, 0.1) is 4.90 Å². The number of carbonyl (C=O) groups excluding carboxylic acids is 1. The molecule has 0 radical (unpaired) electrons. The largest absolute Gasteiger partial charge is 0.352 e. The third kappa shape index (κ3) is 5.05. The van der Waals surface area contributed by atoms with Crippen LogP contribution in [0.25, 0.3) is 10.9 Å². The number of nitrogens with zero attached hydrogens (tertiary/aromatic N) is 2. The van der Waals surface area contributed by atoms with Crippen molar-refractivity contribution in [1.29, 1.82) is 0 Å². The van der Waals surface area contributed by atoms with E-state index in [2.05, 4.69) is 12.2 Å². The van der Waals surface area contributed by atoms with Crippen LogP contribution >= 0.6 is 0 Å². The molecule has 6 nitrogen and oxygen atoms in total. The topological polar surface area (TPSA) is 71.4 Å². The molecule has 0 bridgehead atoms. The molecule has 32 heavy (non-hydrogen) atoms. The summed E-state index contributed by atoms with van der Waals surface area (Å²) in [7, 11) is -3.47. The summed E-state index contributed by atoms with van der Waals surface area (Å²) in [4.78, 5) is 12.6. The lowest BCUT2D eigenvalue weighted by molar-refractivity contribution is -0.121. The molecule has 1 saturated heterocycles. The van der Waals surface area contributed by atoms with Crippen molar-refractivity contribution >= 4 is 26.8 Å². The molecule has 3 aromatic rings. The van der Waals surface area contributed by atoms with Crippen LogP contribution in [0.3, 0.4) is 0 Å². The smallest absolute Gasteiger partial charge is 0.243 e. The average molecular weight is 454 g/mol. The lowest BCUT2D eigenvalue weighted by atomic mass is 10.0. The minimum absolute atomic E-state index is 0.00838. The number of carbonyl (C=O) groups is 1. The Hall–Kier alpha value is -2.64. The van der Waals surface area contributed by atoms with Gasteiger partial charge in [-0.25, -0.2) is 8.42 Å². The zero-order valence-electron chi connectivity index (χ0n) is 18.8. The highest BCUT2D eigenvalue weighted by molar-refractivity contribution is 7.89. The fraction of sp³-hybridized carbons (Fsp3) is 0.400. The summed E-state index contributed by atoms with van der Waals surface area (Å²) in [6, 6.07) is 15.3. The number of nitrogens with one attached hydrogen (secondary N) is 1. The fourth-order valence-electron chi connectivity index (χ4n) is 4.12. The molecule has 1 fully saturated rings. The van der Waals surface area contributed by atoms with Gasteiger partial charge < -0.3 is 9.88 Å². The quantitative estimate of drug-likeness (QED) is 0.586. The SMILES string of the molecule is Cc1ccc(CNC(=O)CCn2ccc3cc(S(=O)(=O)N4CCC(C)CC4)ccc32)cc1. The van der Waals surface area contributed by atoms with Gasteiger partial charge in [-0.15, -0.1) is 0 Å². The molecule has 0 atom stereocenters. The first-order valence-electron chi connectivity index (χ1n) is 11.2. The van der Waals surface area contributed by atoms with Crippen molar-refractivity contribution < 1.29 is 13.2 Å². The number of aromatic nitrogens is 1. The van der Waals surface area contributed by atoms with Gasteiger partial charge in [-0.3, -0.25) is 4.79 Å². The monoisotopic (exact) mass is 453 g/mol. The van der Waals surface area contributed by atoms with E-state index in [0.717, 1.165) is 29.3 Å². The van der Waals surface area contributed by atoms with Gasteiger partial charge in [-0.1, -0.05) is 36.8 Å². The summed E-state index contributed by atoms with van der Waals surface area (Å²) in [5.41, 5.74) is 3.20. The zero-order valence-corrected chi connectivity index (χ0v) is 19.6. The number of rotatable bonds is 7. The van der Waals surface area contributed by atoms with E-state index < -0.39 is 10.0 Å². The standard InChI is InChI=1S/C25H31N3O3S/c1-19-3-5-21(6-4-19)18-26-25(29)12-14-27-13-11-22-17-23(7-8-24(22)27)32(30,31)28-15-9-20(2)10-16-28/h3-8,11,13,17,20H,9-10,12,14-16,18H2,1-2H3,(H,26,29). The Labute approximate surface area is 190 Å². The third-order valence-electron chi connectivity index (χ3n) is 6.31. The van der Waals surface area contributed by atoms with E-state index in [9.17, 15) is 13.2 Å². The number of aryl methyl sites for hydroxylation is 2. The Morgan fingerprint density at radius 2 is 1.78 bits per heavy atom. The van der Waals surface area contributed by atoms with E-state index in [4.69, 9.17) is 0 Å². The summed E-state index contributed by atoms with van der Waals surface area (Å²) in [5.74, 6) is 0.568. The molecule has 1 N–H and O–H groups in total. The normalized spacial score (nSPS) is 15.8. The summed E-state index contributed by atoms with van der Waals surface area (Å²) in [5, 5.41) is 3.83. The maximum Gasteiger partial charge on any atom is 0.243 e. The molecule has 1 aromatic heterocycles. The Morgan fingerprint density at radius 1 is 1.06 bits per heavy atom. The van der Waals surface area contributed by atoms with E-state index in [0.29, 0.717) is 43.4 Å². The van der Waals surface area contributed by atoms with E-state index in [-0.39, 0.29) is 5.91 Å². The molecule has 1 amide bonds. The van der Waals surface area contributed by atoms with Gasteiger partial charge in [-0.2, -0.15) is 4.31 Å². The second kappa shape index (κ2) is 9.46. The van der Waals surface area contributed by atoms with Crippen LogP contribution in [0.15, 0.2) is 59.6 Å². The minimum Gasteiger partial charge on any atom is -0.352 e. The molecule has 0 aliphatic carbocycles. The van der Waals surface area contributed by atoms with Gasteiger partial charge in [0.15, 0.2) is 0 Å². The lowest BCUT2D eigenvalue weighted by Gasteiger charge is -2.29. The Kier molecular flexibility index (Phi) is 6.67. The van der Waals surface area contributed by atoms with Crippen molar-refractivity contribution in [2.24, 2.45) is 5.92 Å². The number of hydrogen-bond donors (Lipinski definition) is 1. The van der Waals surface area contributed by atoms with Crippen LogP contribution in [0, 0.1) is 12.8 Å². The molecule has 4 rings (SSSR count). The van der Waals surface area contributed by atoms with Gasteiger partial charge in [-0.05, 0) is 55.5 Å². The van der Waals surface area contributed by atoms with E-state index in [1.807, 2.05) is 54.1 Å². The van der Waals surface area contributed by atoms with E-state index in [1.165, 1.54) is 5.56 Å². The van der Waals surface area contributed by atoms with Crippen molar-refractivity contribution in [2.75, 3.05) is 13.1 Å². The molecular weight excluding hydrogens is 422 g/mol. The Bertz CT molecular complexity index is 1190. The second-order valence-electron chi connectivity index (χ2n) is 8.83. The third-order valence-corrected chi connectivity index (χ3v) is 8.21. The molecule has 1 aliphatic heterocycles. The Morgan fingerprint density at radius 3 is 2.50 bits per heavy atom. The van der Waals surface area contributed by atoms with Crippen LogP contribution in [0.1, 0.15) is 37.3 Å². The van der Waals surface area contributed by atoms with Crippen LogP contribution < -0.4 is 5.32 Å². The molecular formula is C25H31N3O3S. The van der Waals surface area contributed by atoms with Crippen molar-refractivity contribution in [3.63, 3.8) is 0 Å². The molecule has 0 spiro atoms. The van der Waals surface area contributed by atoms with Crippen LogP contribution in [-0.2, 0) is 27.9 Å². The van der Waals surface area contributed by atoms with Crippen LogP contribution in [0.4, 0.5) is 0 Å². The highest BCUT2D eigenvalue weighted by Gasteiger charge is 2.28. The maximum atomic E-state index is 13.0. The van der Waals surface area contributed by atoms with Crippen molar-refractivity contribution in [1.82, 2.24) is 14.2 Å². The molecule has 170 valence electrons. The van der Waals surface area contributed by atoms with Crippen molar-refractivity contribution in [3.8, 4) is 0 Å². The first-order valence-corrected chi connectivity index (χ1v) is 12.7. The van der Waals surface area contributed by atoms with Gasteiger partial charge in [0.2, 0.25) is 15.9 Å². The van der Waals surface area contributed by atoms with Crippen molar-refractivity contribution in [2.45, 2.75) is 51.1 Å². The molecule has 2 heterocycles. The van der Waals surface area contributed by atoms with Gasteiger partial charge in [0, 0.05) is 49.7 Å². The number of piperidine rings is 1. The Balaban J connectivity index is 1.38. The number of hydrogen-bond acceptors (Lipinski definition) is 3. The number of fused-ring (bicyclic) bond motifs is 1. The maximum absolute atomic E-state index is 13.0. The van der Waals surface area contributed by atoms with E-state index in [1.54, 1.807) is 16.4 Å². The van der Waals surface area contributed by atoms with Gasteiger partial charge in [0.1, 0.15) is 0 Å². The molecule has 0 unspecified atom stereocenters. The number of amides is 1. The van der Waals surface area contributed by atoms with Crippen LogP contribution in [0.2, 0.25) is 0 Å².